The van der Waals surface area contributed by atoms with Crippen molar-refractivity contribution in [3.63, 3.8) is 0 Å². The summed E-state index contributed by atoms with van der Waals surface area (Å²) in [6.45, 7) is 1.92. The van der Waals surface area contributed by atoms with Gasteiger partial charge in [-0.1, -0.05) is 13.0 Å². The van der Waals surface area contributed by atoms with Crippen LogP contribution in [0.3, 0.4) is 0 Å². The summed E-state index contributed by atoms with van der Waals surface area (Å²) in [5, 5.41) is 11.4. The van der Waals surface area contributed by atoms with E-state index in [0.717, 1.165) is 10.6 Å². The van der Waals surface area contributed by atoms with Gasteiger partial charge in [0.2, 0.25) is 0 Å². The normalized spacial score (nSPS) is 10.8. The second-order valence-corrected chi connectivity index (χ2v) is 5.51. The van der Waals surface area contributed by atoms with E-state index in [-0.39, 0.29) is 12.4 Å². The Morgan fingerprint density at radius 2 is 2.29 bits per heavy atom. The van der Waals surface area contributed by atoms with Gasteiger partial charge in [0.05, 0.1) is 17.9 Å². The van der Waals surface area contributed by atoms with Crippen LogP contribution in [-0.2, 0) is 6.61 Å². The van der Waals surface area contributed by atoms with Crippen molar-refractivity contribution in [2.45, 2.75) is 18.4 Å². The smallest absolute Gasteiger partial charge is 0.134 e. The van der Waals surface area contributed by atoms with Gasteiger partial charge in [-0.2, -0.15) is 0 Å². The number of aliphatic hydroxyl groups excluding tert-OH is 1. The van der Waals surface area contributed by atoms with Gasteiger partial charge in [-0.15, -0.1) is 23.1 Å². The molecule has 0 saturated heterocycles. The number of rotatable bonds is 4. The Morgan fingerprint density at radius 3 is 2.94 bits per heavy atom. The molecule has 0 bridgehead atoms. The number of thiazole rings is 1. The maximum atomic E-state index is 13.9. The van der Waals surface area contributed by atoms with Crippen molar-refractivity contribution in [3.8, 4) is 10.6 Å². The molecule has 1 heterocycles. The van der Waals surface area contributed by atoms with E-state index in [1.165, 1.54) is 17.4 Å². The van der Waals surface area contributed by atoms with Crippen LogP contribution in [-0.4, -0.2) is 15.8 Å². The van der Waals surface area contributed by atoms with E-state index in [1.807, 2.05) is 13.0 Å². The molecule has 0 aliphatic carbocycles. The highest BCUT2D eigenvalue weighted by atomic mass is 32.2. The molecule has 90 valence electrons. The van der Waals surface area contributed by atoms with Crippen molar-refractivity contribution >= 4 is 23.1 Å². The zero-order valence-electron chi connectivity index (χ0n) is 9.31. The van der Waals surface area contributed by atoms with E-state index in [1.54, 1.807) is 23.2 Å². The molecule has 0 atom stereocenters. The fraction of sp³-hybridized carbons (Fsp3) is 0.250. The van der Waals surface area contributed by atoms with E-state index < -0.39 is 0 Å². The maximum absolute atomic E-state index is 13.9. The lowest BCUT2D eigenvalue weighted by atomic mass is 10.2. The predicted molar refractivity (Wildman–Crippen MR) is 69.8 cm³/mol. The minimum Gasteiger partial charge on any atom is -0.390 e. The van der Waals surface area contributed by atoms with Gasteiger partial charge in [0.1, 0.15) is 10.8 Å². The molecule has 0 aliphatic heterocycles. The standard InChI is InChI=1S/C12H12FNOS2/c1-2-16-10-5-3-4-9(13)11(10)12-14-8(6-15)7-17-12/h3-5,7,15H,2,6H2,1H3. The van der Waals surface area contributed by atoms with Crippen LogP contribution in [0.1, 0.15) is 12.6 Å². The third kappa shape index (κ3) is 2.68. The molecule has 17 heavy (non-hydrogen) atoms. The molecule has 0 unspecified atom stereocenters. The second kappa shape index (κ2) is 5.62. The van der Waals surface area contributed by atoms with Crippen molar-refractivity contribution in [1.29, 1.82) is 0 Å². The lowest BCUT2D eigenvalue weighted by molar-refractivity contribution is 0.278. The van der Waals surface area contributed by atoms with Gasteiger partial charge in [-0.25, -0.2) is 9.37 Å². The summed E-state index contributed by atoms with van der Waals surface area (Å²) in [7, 11) is 0. The number of benzene rings is 1. The van der Waals surface area contributed by atoms with Gasteiger partial charge < -0.3 is 5.11 Å². The Balaban J connectivity index is 2.48. The Bertz CT molecular complexity index is 513. The Hall–Kier alpha value is -0.910. The zero-order valence-corrected chi connectivity index (χ0v) is 10.9. The predicted octanol–water partition coefficient (Wildman–Crippen LogP) is 3.55. The number of halogens is 1. The van der Waals surface area contributed by atoms with Gasteiger partial charge in [0, 0.05) is 10.3 Å². The van der Waals surface area contributed by atoms with E-state index in [0.29, 0.717) is 16.3 Å². The van der Waals surface area contributed by atoms with Crippen LogP contribution in [0, 0.1) is 5.82 Å². The van der Waals surface area contributed by atoms with Crippen molar-refractivity contribution in [1.82, 2.24) is 4.98 Å². The third-order valence-corrected chi connectivity index (χ3v) is 4.05. The molecular weight excluding hydrogens is 257 g/mol. The Labute approximate surface area is 108 Å². The summed E-state index contributed by atoms with van der Waals surface area (Å²) >= 11 is 2.95. The van der Waals surface area contributed by atoms with Crippen LogP contribution < -0.4 is 0 Å². The Kier molecular flexibility index (Phi) is 4.15. The summed E-state index contributed by atoms with van der Waals surface area (Å²) in [5.41, 5.74) is 1.13. The lowest BCUT2D eigenvalue weighted by Crippen LogP contribution is -1.89. The van der Waals surface area contributed by atoms with Gasteiger partial charge in [0.25, 0.3) is 0 Å². The van der Waals surface area contributed by atoms with Crippen LogP contribution in [0.2, 0.25) is 0 Å². The first kappa shape index (κ1) is 12.5. The van der Waals surface area contributed by atoms with Crippen LogP contribution >= 0.6 is 23.1 Å². The van der Waals surface area contributed by atoms with Crippen LogP contribution in [0.25, 0.3) is 10.6 Å². The van der Waals surface area contributed by atoms with Gasteiger partial charge >= 0.3 is 0 Å². The molecule has 0 aliphatic rings. The molecular formula is C12H12FNOS2. The average molecular weight is 269 g/mol. The number of aliphatic hydroxyl groups is 1. The molecule has 2 nitrogen and oxygen atoms in total. The fourth-order valence-corrected chi connectivity index (χ4v) is 3.24. The van der Waals surface area contributed by atoms with Crippen molar-refractivity contribution < 1.29 is 9.50 Å². The van der Waals surface area contributed by atoms with E-state index in [9.17, 15) is 4.39 Å². The molecule has 1 aromatic heterocycles. The maximum Gasteiger partial charge on any atom is 0.134 e. The minimum atomic E-state index is -0.262. The van der Waals surface area contributed by atoms with Gasteiger partial charge in [-0.3, -0.25) is 0 Å². The third-order valence-electron chi connectivity index (χ3n) is 2.20. The van der Waals surface area contributed by atoms with Gasteiger partial charge in [-0.05, 0) is 17.9 Å². The lowest BCUT2D eigenvalue weighted by Gasteiger charge is -2.06. The second-order valence-electron chi connectivity index (χ2n) is 3.35. The van der Waals surface area contributed by atoms with Crippen LogP contribution in [0.4, 0.5) is 4.39 Å². The highest BCUT2D eigenvalue weighted by molar-refractivity contribution is 7.99. The highest BCUT2D eigenvalue weighted by Crippen LogP contribution is 2.35. The van der Waals surface area contributed by atoms with E-state index in [2.05, 4.69) is 4.98 Å². The number of thioether (sulfide) groups is 1. The molecule has 0 amide bonds. The zero-order chi connectivity index (χ0) is 12.3. The molecule has 2 aromatic rings. The monoisotopic (exact) mass is 269 g/mol. The number of aromatic nitrogens is 1. The first-order valence-corrected chi connectivity index (χ1v) is 7.09. The number of nitrogens with zero attached hydrogens (tertiary/aromatic N) is 1. The summed E-state index contributed by atoms with van der Waals surface area (Å²) in [6.07, 6.45) is 0. The molecule has 0 spiro atoms. The van der Waals surface area contributed by atoms with E-state index >= 15 is 0 Å². The molecule has 0 saturated carbocycles. The first-order valence-electron chi connectivity index (χ1n) is 5.23. The first-order chi connectivity index (χ1) is 8.26. The van der Waals surface area contributed by atoms with Gasteiger partial charge in [0.15, 0.2) is 0 Å². The minimum absolute atomic E-state index is 0.110. The summed E-state index contributed by atoms with van der Waals surface area (Å²) < 4.78 is 13.9. The van der Waals surface area contributed by atoms with E-state index in [4.69, 9.17) is 5.11 Å². The summed E-state index contributed by atoms with van der Waals surface area (Å²) in [5.74, 6) is 0.622. The van der Waals surface area contributed by atoms with Crippen molar-refractivity contribution in [2.24, 2.45) is 0 Å². The molecule has 1 N–H and O–H groups in total. The fourth-order valence-electron chi connectivity index (χ4n) is 1.48. The molecule has 0 radical (unpaired) electrons. The average Bonchev–Trinajstić information content (AvgIpc) is 2.78. The van der Waals surface area contributed by atoms with Crippen molar-refractivity contribution in [2.75, 3.05) is 5.75 Å². The van der Waals surface area contributed by atoms with Crippen molar-refractivity contribution in [3.05, 3.63) is 35.1 Å². The SMILES string of the molecule is CCSc1cccc(F)c1-c1nc(CO)cs1. The van der Waals surface area contributed by atoms with Crippen LogP contribution in [0.5, 0.6) is 0 Å². The largest absolute Gasteiger partial charge is 0.390 e. The quantitative estimate of drug-likeness (QED) is 0.862. The molecule has 1 aromatic carbocycles. The summed E-state index contributed by atoms with van der Waals surface area (Å²) in [6, 6.07) is 5.04. The highest BCUT2D eigenvalue weighted by Gasteiger charge is 2.14. The molecule has 5 heteroatoms. The number of hydrogen-bond donors (Lipinski definition) is 1. The van der Waals surface area contributed by atoms with Crippen LogP contribution in [0.15, 0.2) is 28.5 Å². The number of hydrogen-bond acceptors (Lipinski definition) is 4. The molecule has 2 rings (SSSR count). The molecule has 0 fully saturated rings. The summed E-state index contributed by atoms with van der Waals surface area (Å²) in [4.78, 5) is 5.11. The Morgan fingerprint density at radius 1 is 1.47 bits per heavy atom. The topological polar surface area (TPSA) is 33.1 Å².